The van der Waals surface area contributed by atoms with Gasteiger partial charge in [0.2, 0.25) is 5.82 Å². The van der Waals surface area contributed by atoms with Gasteiger partial charge in [0, 0.05) is 11.1 Å². The normalized spacial score (nSPS) is 11.0. The zero-order chi connectivity index (χ0) is 19.8. The highest BCUT2D eigenvalue weighted by molar-refractivity contribution is 6.37. The standard InChI is InChI=1S/C16H10Cl2N6O4/c1-6-9-4-8(5-19-13(9)23-22-6)27-12-10(17)2-7(3-11(12)18)20-15(25)14-21-16(26)28-24-14/h2-5H,1H3,(H,20,25)(H,19,22,23)(H,21,24,26). The lowest BCUT2D eigenvalue weighted by molar-refractivity contribution is 0.101. The SMILES string of the molecule is Cc1n[nH]c2ncc(Oc3c(Cl)cc(NC(=O)c4noc(=O)[nH]4)cc3Cl)cc12. The summed E-state index contributed by atoms with van der Waals surface area (Å²) in [6.45, 7) is 1.84. The van der Waals surface area contributed by atoms with Crippen molar-refractivity contribution in [2.24, 2.45) is 0 Å². The lowest BCUT2D eigenvalue weighted by Gasteiger charge is -2.12. The van der Waals surface area contributed by atoms with Gasteiger partial charge >= 0.3 is 5.76 Å². The summed E-state index contributed by atoms with van der Waals surface area (Å²) in [5.41, 5.74) is 1.68. The minimum absolute atomic E-state index is 0.153. The minimum atomic E-state index is -0.844. The van der Waals surface area contributed by atoms with Crippen molar-refractivity contribution in [1.82, 2.24) is 25.3 Å². The van der Waals surface area contributed by atoms with Crippen molar-refractivity contribution in [1.29, 1.82) is 0 Å². The first-order chi connectivity index (χ1) is 13.4. The van der Waals surface area contributed by atoms with Crippen molar-refractivity contribution in [3.05, 3.63) is 56.5 Å². The molecule has 1 amide bonds. The zero-order valence-corrected chi connectivity index (χ0v) is 15.6. The van der Waals surface area contributed by atoms with Crippen LogP contribution < -0.4 is 15.8 Å². The van der Waals surface area contributed by atoms with Crippen LogP contribution in [0.1, 0.15) is 16.3 Å². The molecular formula is C16H10Cl2N6O4. The summed E-state index contributed by atoms with van der Waals surface area (Å²) in [5, 5.41) is 13.8. The Labute approximate surface area is 165 Å². The first kappa shape index (κ1) is 18.0. The number of fused-ring (bicyclic) bond motifs is 1. The maximum Gasteiger partial charge on any atom is 0.439 e. The molecule has 4 rings (SSSR count). The van der Waals surface area contributed by atoms with Crippen LogP contribution in [-0.4, -0.2) is 31.2 Å². The number of H-pyrrole nitrogens is 2. The van der Waals surface area contributed by atoms with E-state index in [-0.39, 0.29) is 27.3 Å². The van der Waals surface area contributed by atoms with E-state index in [1.54, 1.807) is 6.07 Å². The molecule has 142 valence electrons. The smallest absolute Gasteiger partial charge is 0.439 e. The van der Waals surface area contributed by atoms with Gasteiger partial charge in [-0.3, -0.25) is 19.4 Å². The second kappa shape index (κ2) is 6.98. The maximum atomic E-state index is 12.0. The third-order valence-corrected chi connectivity index (χ3v) is 4.27. The van der Waals surface area contributed by atoms with E-state index < -0.39 is 11.7 Å². The van der Waals surface area contributed by atoms with Gasteiger partial charge in [-0.2, -0.15) is 5.10 Å². The number of halogens is 2. The fourth-order valence-corrected chi connectivity index (χ4v) is 2.99. The highest BCUT2D eigenvalue weighted by atomic mass is 35.5. The van der Waals surface area contributed by atoms with Gasteiger partial charge < -0.3 is 10.1 Å². The molecule has 4 aromatic rings. The van der Waals surface area contributed by atoms with Gasteiger partial charge in [-0.05, 0) is 30.3 Å². The number of carbonyl (C=O) groups excluding carboxylic acids is 1. The van der Waals surface area contributed by atoms with Gasteiger partial charge in [-0.25, -0.2) is 9.78 Å². The summed E-state index contributed by atoms with van der Waals surface area (Å²) in [5.74, 6) is -1.22. The molecule has 1 aromatic carbocycles. The number of aryl methyl sites for hydroxylation is 1. The average Bonchev–Trinajstić information content (AvgIpc) is 3.24. The molecule has 0 saturated heterocycles. The highest BCUT2D eigenvalue weighted by Gasteiger charge is 2.16. The Morgan fingerprint density at radius 3 is 2.68 bits per heavy atom. The van der Waals surface area contributed by atoms with Crippen LogP contribution in [0.5, 0.6) is 11.5 Å². The maximum absolute atomic E-state index is 12.0. The summed E-state index contributed by atoms with van der Waals surface area (Å²) >= 11 is 12.5. The Kier molecular flexibility index (Phi) is 4.49. The number of nitrogens with zero attached hydrogens (tertiary/aromatic N) is 3. The summed E-state index contributed by atoms with van der Waals surface area (Å²) < 4.78 is 10.0. The summed E-state index contributed by atoms with van der Waals surface area (Å²) in [7, 11) is 0. The van der Waals surface area contributed by atoms with Crippen molar-refractivity contribution in [2.75, 3.05) is 5.32 Å². The number of benzene rings is 1. The number of amides is 1. The topological polar surface area (TPSA) is 139 Å². The molecule has 0 aliphatic heterocycles. The monoisotopic (exact) mass is 420 g/mol. The van der Waals surface area contributed by atoms with Gasteiger partial charge in [0.15, 0.2) is 11.4 Å². The molecule has 0 bridgehead atoms. The quantitative estimate of drug-likeness (QED) is 0.460. The van der Waals surface area contributed by atoms with Gasteiger partial charge in [0.05, 0.1) is 21.9 Å². The number of rotatable bonds is 4. The van der Waals surface area contributed by atoms with E-state index in [0.717, 1.165) is 11.1 Å². The first-order valence-corrected chi connectivity index (χ1v) is 8.51. The average molecular weight is 421 g/mol. The minimum Gasteiger partial charge on any atom is -0.453 e. The van der Waals surface area contributed by atoms with Crippen LogP contribution in [0.15, 0.2) is 33.7 Å². The van der Waals surface area contributed by atoms with Crippen LogP contribution in [-0.2, 0) is 0 Å². The van der Waals surface area contributed by atoms with E-state index >= 15 is 0 Å². The second-order valence-electron chi connectivity index (χ2n) is 5.65. The Balaban J connectivity index is 1.59. The molecule has 10 nitrogen and oxygen atoms in total. The molecule has 0 saturated carbocycles. The molecule has 0 atom stereocenters. The van der Waals surface area contributed by atoms with Gasteiger partial charge in [-0.1, -0.05) is 23.2 Å². The molecule has 3 heterocycles. The van der Waals surface area contributed by atoms with Crippen LogP contribution in [0.2, 0.25) is 10.0 Å². The second-order valence-corrected chi connectivity index (χ2v) is 6.46. The van der Waals surface area contributed by atoms with E-state index in [2.05, 4.69) is 35.2 Å². The van der Waals surface area contributed by atoms with Gasteiger partial charge in [-0.15, -0.1) is 0 Å². The number of carbonyl (C=O) groups is 1. The van der Waals surface area contributed by atoms with E-state index in [9.17, 15) is 9.59 Å². The fraction of sp³-hybridized carbons (Fsp3) is 0.0625. The number of anilines is 1. The predicted octanol–water partition coefficient (Wildman–Crippen LogP) is 3.29. The number of hydrogen-bond acceptors (Lipinski definition) is 7. The van der Waals surface area contributed by atoms with Gasteiger partial charge in [0.25, 0.3) is 5.91 Å². The fourth-order valence-electron chi connectivity index (χ4n) is 2.43. The summed E-state index contributed by atoms with van der Waals surface area (Å²) in [6.07, 6.45) is 1.50. The Hall–Kier alpha value is -3.37. The van der Waals surface area contributed by atoms with E-state index in [1.807, 2.05) is 6.92 Å². The van der Waals surface area contributed by atoms with Crippen LogP contribution in [0.4, 0.5) is 5.69 Å². The summed E-state index contributed by atoms with van der Waals surface area (Å²) in [4.78, 5) is 29.3. The number of hydrogen-bond donors (Lipinski definition) is 3. The van der Waals surface area contributed by atoms with Crippen LogP contribution in [0.3, 0.4) is 0 Å². The summed E-state index contributed by atoms with van der Waals surface area (Å²) in [6, 6.07) is 4.63. The number of aromatic amines is 2. The Morgan fingerprint density at radius 1 is 1.25 bits per heavy atom. The van der Waals surface area contributed by atoms with E-state index in [1.165, 1.54) is 18.3 Å². The number of pyridine rings is 1. The van der Waals surface area contributed by atoms with E-state index in [0.29, 0.717) is 11.4 Å². The molecule has 3 N–H and O–H groups in total. The highest BCUT2D eigenvalue weighted by Crippen LogP contribution is 2.39. The number of ether oxygens (including phenoxy) is 1. The van der Waals surface area contributed by atoms with E-state index in [4.69, 9.17) is 27.9 Å². The Morgan fingerprint density at radius 2 is 2.00 bits per heavy atom. The molecule has 3 aromatic heterocycles. The number of nitrogens with one attached hydrogen (secondary N) is 3. The zero-order valence-electron chi connectivity index (χ0n) is 14.0. The molecular weight excluding hydrogens is 411 g/mol. The number of aromatic nitrogens is 5. The molecule has 28 heavy (non-hydrogen) atoms. The van der Waals surface area contributed by atoms with Gasteiger partial charge in [0.1, 0.15) is 5.75 Å². The predicted molar refractivity (Wildman–Crippen MR) is 100 cm³/mol. The molecule has 0 fully saturated rings. The van der Waals surface area contributed by atoms with Crippen molar-refractivity contribution >= 4 is 45.8 Å². The first-order valence-electron chi connectivity index (χ1n) is 7.75. The lowest BCUT2D eigenvalue weighted by Crippen LogP contribution is -2.14. The molecule has 0 aliphatic carbocycles. The van der Waals surface area contributed by atoms with Crippen molar-refractivity contribution in [2.45, 2.75) is 6.92 Å². The molecule has 0 radical (unpaired) electrons. The Bertz CT molecular complexity index is 1240. The largest absolute Gasteiger partial charge is 0.453 e. The lowest BCUT2D eigenvalue weighted by atomic mass is 10.2. The third kappa shape index (κ3) is 3.42. The third-order valence-electron chi connectivity index (χ3n) is 3.71. The van der Waals surface area contributed by atoms with Crippen LogP contribution >= 0.6 is 23.2 Å². The molecule has 12 heteroatoms. The van der Waals surface area contributed by atoms with Crippen LogP contribution in [0, 0.1) is 6.92 Å². The van der Waals surface area contributed by atoms with Crippen LogP contribution in [0.25, 0.3) is 11.0 Å². The van der Waals surface area contributed by atoms with Crippen molar-refractivity contribution in [3.63, 3.8) is 0 Å². The molecule has 0 unspecified atom stereocenters. The molecule has 0 spiro atoms. The van der Waals surface area contributed by atoms with Crippen molar-refractivity contribution in [3.8, 4) is 11.5 Å². The van der Waals surface area contributed by atoms with Crippen molar-refractivity contribution < 1.29 is 14.1 Å². The molecule has 0 aliphatic rings.